The maximum Gasteiger partial charge on any atom is 0.279 e. The normalized spacial score (nSPS) is 16.9. The van der Waals surface area contributed by atoms with Gasteiger partial charge in [0.1, 0.15) is 0 Å². The number of nitrogens with one attached hydrogen (secondary N) is 2. The summed E-state index contributed by atoms with van der Waals surface area (Å²) in [5.74, 6) is 0.137. The van der Waals surface area contributed by atoms with Crippen LogP contribution in [-0.4, -0.2) is 31.8 Å². The molecule has 1 aromatic rings. The van der Waals surface area contributed by atoms with E-state index in [-0.39, 0.29) is 5.91 Å². The Labute approximate surface area is 119 Å². The quantitative estimate of drug-likeness (QED) is 0.824. The Bertz CT molecular complexity index is 414. The first-order valence-electron chi connectivity index (χ1n) is 7.06. The van der Waals surface area contributed by atoms with E-state index >= 15 is 0 Å². The number of carbonyl (C=O) groups is 1. The summed E-state index contributed by atoms with van der Waals surface area (Å²) in [5.41, 5.74) is 0.939. The number of hydrogen-bond acceptors (Lipinski definition) is 2. The average Bonchev–Trinajstić information content (AvgIpc) is 2.68. The van der Waals surface area contributed by atoms with Crippen LogP contribution in [0.3, 0.4) is 0 Å². The van der Waals surface area contributed by atoms with Crippen LogP contribution in [0, 0.1) is 0 Å². The maximum atomic E-state index is 12.1. The highest BCUT2D eigenvalue weighted by molar-refractivity contribution is 7.98. The first-order valence-corrected chi connectivity index (χ1v) is 8.28. The van der Waals surface area contributed by atoms with E-state index < -0.39 is 0 Å². The lowest BCUT2D eigenvalue weighted by molar-refractivity contribution is -0.890. The van der Waals surface area contributed by atoms with Crippen LogP contribution in [0.2, 0.25) is 0 Å². The van der Waals surface area contributed by atoms with Crippen molar-refractivity contribution in [1.82, 2.24) is 0 Å². The molecule has 0 atom stereocenters. The lowest BCUT2D eigenvalue weighted by atomic mass is 10.2. The SMILES string of the molecule is CSc1ccccc1NC(=O)C[NH+]1CCCCCC1. The standard InChI is InChI=1S/C15H22N2OS/c1-19-14-9-5-4-8-13(14)16-15(18)12-17-10-6-2-3-7-11-17/h4-5,8-9H,2-3,6-7,10-12H2,1H3,(H,16,18)/p+1. The van der Waals surface area contributed by atoms with Crippen LogP contribution in [0.15, 0.2) is 29.2 Å². The lowest BCUT2D eigenvalue weighted by Crippen LogP contribution is -3.12. The van der Waals surface area contributed by atoms with E-state index in [9.17, 15) is 4.79 Å². The first kappa shape index (κ1) is 14.4. The van der Waals surface area contributed by atoms with Crippen LogP contribution < -0.4 is 10.2 Å². The van der Waals surface area contributed by atoms with Gasteiger partial charge in [-0.05, 0) is 44.1 Å². The fraction of sp³-hybridized carbons (Fsp3) is 0.533. The van der Waals surface area contributed by atoms with Gasteiger partial charge >= 0.3 is 0 Å². The predicted molar refractivity (Wildman–Crippen MR) is 80.9 cm³/mol. The second kappa shape index (κ2) is 7.56. The Morgan fingerprint density at radius 2 is 1.89 bits per heavy atom. The van der Waals surface area contributed by atoms with Gasteiger partial charge in [-0.2, -0.15) is 0 Å². The average molecular weight is 279 g/mol. The number of anilines is 1. The second-order valence-electron chi connectivity index (χ2n) is 5.09. The van der Waals surface area contributed by atoms with Crippen molar-refractivity contribution >= 4 is 23.4 Å². The fourth-order valence-electron chi connectivity index (χ4n) is 2.57. The van der Waals surface area contributed by atoms with Gasteiger partial charge < -0.3 is 10.2 Å². The molecule has 0 radical (unpaired) electrons. The molecule has 1 aliphatic rings. The molecule has 2 N–H and O–H groups in total. The Morgan fingerprint density at radius 1 is 1.21 bits per heavy atom. The number of rotatable bonds is 4. The molecule has 0 spiro atoms. The Hall–Kier alpha value is -1.00. The Kier molecular flexibility index (Phi) is 5.73. The van der Waals surface area contributed by atoms with Crippen LogP contribution in [0.1, 0.15) is 25.7 Å². The number of benzene rings is 1. The number of amides is 1. The molecular formula is C15H23N2OS+. The smallest absolute Gasteiger partial charge is 0.279 e. The zero-order valence-corrected chi connectivity index (χ0v) is 12.4. The molecule has 2 rings (SSSR count). The van der Waals surface area contributed by atoms with Gasteiger partial charge in [-0.1, -0.05) is 12.1 Å². The summed E-state index contributed by atoms with van der Waals surface area (Å²) in [6.07, 6.45) is 7.18. The topological polar surface area (TPSA) is 33.5 Å². The van der Waals surface area contributed by atoms with Crippen molar-refractivity contribution < 1.29 is 9.69 Å². The number of para-hydroxylation sites is 1. The third-order valence-corrected chi connectivity index (χ3v) is 4.40. The Morgan fingerprint density at radius 3 is 2.58 bits per heavy atom. The van der Waals surface area contributed by atoms with Crippen molar-refractivity contribution in [2.75, 3.05) is 31.2 Å². The minimum atomic E-state index is 0.137. The molecule has 0 unspecified atom stereocenters. The highest BCUT2D eigenvalue weighted by atomic mass is 32.2. The molecule has 0 aromatic heterocycles. The van der Waals surface area contributed by atoms with Gasteiger partial charge in [-0.25, -0.2) is 0 Å². The zero-order valence-electron chi connectivity index (χ0n) is 11.6. The van der Waals surface area contributed by atoms with Crippen molar-refractivity contribution in [2.24, 2.45) is 0 Å². The van der Waals surface area contributed by atoms with Crippen molar-refractivity contribution in [1.29, 1.82) is 0 Å². The summed E-state index contributed by atoms with van der Waals surface area (Å²) >= 11 is 1.67. The zero-order chi connectivity index (χ0) is 13.5. The molecule has 1 aromatic carbocycles. The second-order valence-corrected chi connectivity index (χ2v) is 5.94. The van der Waals surface area contributed by atoms with Crippen LogP contribution in [-0.2, 0) is 4.79 Å². The molecule has 1 saturated heterocycles. The summed E-state index contributed by atoms with van der Waals surface area (Å²) < 4.78 is 0. The first-order chi connectivity index (χ1) is 9.29. The number of likely N-dealkylation sites (tertiary alicyclic amines) is 1. The molecule has 1 fully saturated rings. The molecule has 19 heavy (non-hydrogen) atoms. The third kappa shape index (κ3) is 4.55. The van der Waals surface area contributed by atoms with Crippen molar-refractivity contribution in [3.63, 3.8) is 0 Å². The highest BCUT2D eigenvalue weighted by Crippen LogP contribution is 2.24. The van der Waals surface area contributed by atoms with Crippen molar-refractivity contribution in [2.45, 2.75) is 30.6 Å². The van der Waals surface area contributed by atoms with Gasteiger partial charge in [0.15, 0.2) is 6.54 Å². The molecule has 0 saturated carbocycles. The van der Waals surface area contributed by atoms with Gasteiger partial charge in [0, 0.05) is 4.90 Å². The molecule has 1 heterocycles. The highest BCUT2D eigenvalue weighted by Gasteiger charge is 2.16. The van der Waals surface area contributed by atoms with Crippen LogP contribution in [0.25, 0.3) is 0 Å². The molecule has 4 heteroatoms. The van der Waals surface area contributed by atoms with Gasteiger partial charge in [0.25, 0.3) is 5.91 Å². The number of quaternary nitrogens is 1. The number of carbonyl (C=O) groups excluding carboxylic acids is 1. The van der Waals surface area contributed by atoms with E-state index in [0.717, 1.165) is 23.7 Å². The van der Waals surface area contributed by atoms with Gasteiger partial charge in [0.05, 0.1) is 18.8 Å². The molecule has 3 nitrogen and oxygen atoms in total. The largest absolute Gasteiger partial charge is 0.327 e. The molecule has 1 aliphatic heterocycles. The van der Waals surface area contributed by atoms with E-state index in [2.05, 4.69) is 5.32 Å². The van der Waals surface area contributed by atoms with E-state index in [4.69, 9.17) is 0 Å². The van der Waals surface area contributed by atoms with E-state index in [1.54, 1.807) is 11.8 Å². The summed E-state index contributed by atoms with van der Waals surface area (Å²) in [5, 5.41) is 3.05. The monoisotopic (exact) mass is 279 g/mol. The van der Waals surface area contributed by atoms with Crippen molar-refractivity contribution in [3.8, 4) is 0 Å². The Balaban J connectivity index is 1.89. The summed E-state index contributed by atoms with van der Waals surface area (Å²) in [7, 11) is 0. The summed E-state index contributed by atoms with van der Waals surface area (Å²) in [6.45, 7) is 2.87. The fourth-order valence-corrected chi connectivity index (χ4v) is 3.13. The van der Waals surface area contributed by atoms with E-state index in [1.165, 1.54) is 30.6 Å². The van der Waals surface area contributed by atoms with Gasteiger partial charge in [0.2, 0.25) is 0 Å². The van der Waals surface area contributed by atoms with Crippen LogP contribution in [0.5, 0.6) is 0 Å². The van der Waals surface area contributed by atoms with Gasteiger partial charge in [-0.15, -0.1) is 11.8 Å². The molecule has 0 bridgehead atoms. The van der Waals surface area contributed by atoms with E-state index in [1.807, 2.05) is 30.5 Å². The minimum Gasteiger partial charge on any atom is -0.327 e. The molecule has 104 valence electrons. The number of thioether (sulfide) groups is 1. The predicted octanol–water partition coefficient (Wildman–Crippen LogP) is 1.81. The molecule has 1 amide bonds. The van der Waals surface area contributed by atoms with Crippen molar-refractivity contribution in [3.05, 3.63) is 24.3 Å². The third-order valence-electron chi connectivity index (χ3n) is 3.60. The molecular weight excluding hydrogens is 256 g/mol. The van der Waals surface area contributed by atoms with E-state index in [0.29, 0.717) is 6.54 Å². The minimum absolute atomic E-state index is 0.137. The van der Waals surface area contributed by atoms with Crippen LogP contribution in [0.4, 0.5) is 5.69 Å². The summed E-state index contributed by atoms with van der Waals surface area (Å²) in [6, 6.07) is 7.98. The molecule has 0 aliphatic carbocycles. The lowest BCUT2D eigenvalue weighted by Gasteiger charge is -2.17. The van der Waals surface area contributed by atoms with Crippen LogP contribution >= 0.6 is 11.8 Å². The maximum absolute atomic E-state index is 12.1. The van der Waals surface area contributed by atoms with Gasteiger partial charge in [-0.3, -0.25) is 4.79 Å². The summed E-state index contributed by atoms with van der Waals surface area (Å²) in [4.78, 5) is 14.7. The number of hydrogen-bond donors (Lipinski definition) is 2.